The normalized spacial score (nSPS) is 28.8. The number of amides is 2. The molecule has 1 unspecified atom stereocenters. The van der Waals surface area contributed by atoms with Gasteiger partial charge in [-0.15, -0.1) is 0 Å². The van der Waals surface area contributed by atoms with Crippen LogP contribution in [0.3, 0.4) is 0 Å². The molecule has 1 aromatic carbocycles. The summed E-state index contributed by atoms with van der Waals surface area (Å²) in [4.78, 5) is 32.9. The maximum atomic E-state index is 14.7. The molecular weight excluding hydrogens is 639 g/mol. The smallest absolute Gasteiger partial charge is 0.304 e. The molecule has 2 bridgehead atoms. The third kappa shape index (κ3) is 5.05. The van der Waals surface area contributed by atoms with Crippen LogP contribution in [0.4, 0.5) is 0 Å². The van der Waals surface area contributed by atoms with Crippen molar-refractivity contribution in [3.63, 3.8) is 0 Å². The van der Waals surface area contributed by atoms with Crippen LogP contribution in [0.2, 0.25) is 0 Å². The number of fused-ring (bicyclic) bond motifs is 8. The second-order valence-corrected chi connectivity index (χ2v) is 17.0. The van der Waals surface area contributed by atoms with E-state index in [0.29, 0.717) is 62.7 Å². The van der Waals surface area contributed by atoms with E-state index in [9.17, 15) is 18.0 Å². The number of likely N-dealkylation sites (N-methyl/N-ethyl adjacent to an activating group) is 1. The number of piperazine rings is 1. The highest BCUT2D eigenvalue weighted by Gasteiger charge is 2.51. The summed E-state index contributed by atoms with van der Waals surface area (Å²) in [5.41, 5.74) is 6.68. The summed E-state index contributed by atoms with van der Waals surface area (Å²) in [6.07, 6.45) is 15.1. The monoisotopic (exact) mass is 685 g/mol. The molecule has 2 aromatic rings. The number of allylic oxidation sites excluding steroid dienone is 4. The van der Waals surface area contributed by atoms with Gasteiger partial charge in [-0.3, -0.25) is 9.59 Å². The van der Waals surface area contributed by atoms with Gasteiger partial charge in [-0.25, -0.2) is 4.72 Å². The van der Waals surface area contributed by atoms with Crippen LogP contribution in [0.15, 0.2) is 52.6 Å². The zero-order valence-electron chi connectivity index (χ0n) is 28.6. The molecule has 4 fully saturated rings. The van der Waals surface area contributed by atoms with Gasteiger partial charge in [0.2, 0.25) is 5.91 Å². The van der Waals surface area contributed by atoms with Gasteiger partial charge in [-0.2, -0.15) is 12.7 Å². The number of benzene rings is 1. The number of carbonyl (C=O) groups excluding carboxylic acids is 2. The minimum absolute atomic E-state index is 0.224. The van der Waals surface area contributed by atoms with Gasteiger partial charge >= 0.3 is 10.2 Å². The van der Waals surface area contributed by atoms with Crippen LogP contribution < -0.4 is 9.46 Å². The highest BCUT2D eigenvalue weighted by Crippen LogP contribution is 2.56. The molecule has 11 heteroatoms. The molecule has 1 aromatic heterocycles. The zero-order chi connectivity index (χ0) is 33.6. The second-order valence-electron chi connectivity index (χ2n) is 15.4. The molecule has 10 nitrogen and oxygen atoms in total. The number of hydrogen-bond donors (Lipinski definition) is 1. The summed E-state index contributed by atoms with van der Waals surface area (Å²) in [6.45, 7) is 2.39. The lowest BCUT2D eigenvalue weighted by Crippen LogP contribution is -2.51. The Morgan fingerprint density at radius 3 is 2.35 bits per heavy atom. The third-order valence-electron chi connectivity index (χ3n) is 12.8. The Labute approximate surface area is 289 Å². The van der Waals surface area contributed by atoms with E-state index in [-0.39, 0.29) is 17.7 Å². The number of methoxy groups -OCH3 is 1. The van der Waals surface area contributed by atoms with Crippen molar-refractivity contribution in [1.29, 1.82) is 0 Å². The maximum Gasteiger partial charge on any atom is 0.304 e. The van der Waals surface area contributed by atoms with Gasteiger partial charge in [-0.05, 0) is 92.3 Å². The Bertz CT molecular complexity index is 1920. The summed E-state index contributed by atoms with van der Waals surface area (Å²) < 4.78 is 39.0. The first-order valence-electron chi connectivity index (χ1n) is 18.4. The van der Waals surface area contributed by atoms with Gasteiger partial charge in [0.05, 0.1) is 24.1 Å². The van der Waals surface area contributed by atoms with Gasteiger partial charge in [-0.1, -0.05) is 37.5 Å². The van der Waals surface area contributed by atoms with Crippen LogP contribution in [-0.4, -0.2) is 91.3 Å². The lowest BCUT2D eigenvalue weighted by molar-refractivity contribution is -0.137. The van der Waals surface area contributed by atoms with E-state index < -0.39 is 16.1 Å². The topological polar surface area (TPSA) is 104 Å². The molecule has 5 heterocycles. The number of ether oxygens (including phenoxy) is 1. The van der Waals surface area contributed by atoms with Crippen LogP contribution in [0.25, 0.3) is 10.9 Å². The van der Waals surface area contributed by atoms with Crippen molar-refractivity contribution >= 4 is 32.9 Å². The van der Waals surface area contributed by atoms with Gasteiger partial charge in [0.25, 0.3) is 5.91 Å². The summed E-state index contributed by atoms with van der Waals surface area (Å²) in [7, 11) is -0.316. The van der Waals surface area contributed by atoms with Crippen LogP contribution >= 0.6 is 0 Å². The number of rotatable bonds is 6. The Hall–Kier alpha value is -3.41. The minimum Gasteiger partial charge on any atom is -0.496 e. The second kappa shape index (κ2) is 11.8. The number of nitrogens with zero attached hydrogens (tertiary/aromatic N) is 4. The van der Waals surface area contributed by atoms with Crippen molar-refractivity contribution in [2.45, 2.75) is 94.7 Å². The van der Waals surface area contributed by atoms with E-state index in [1.165, 1.54) is 29.1 Å². The fourth-order valence-corrected chi connectivity index (χ4v) is 11.3. The van der Waals surface area contributed by atoms with Gasteiger partial charge in [0, 0.05) is 61.8 Å². The molecule has 1 saturated carbocycles. The number of aromatic nitrogens is 1. The van der Waals surface area contributed by atoms with Crippen molar-refractivity contribution in [3.8, 4) is 5.75 Å². The fourth-order valence-electron chi connectivity index (χ4n) is 10.2. The predicted molar refractivity (Wildman–Crippen MR) is 187 cm³/mol. The molecule has 2 amide bonds. The average Bonchev–Trinajstić information content (AvgIpc) is 3.32. The highest BCUT2D eigenvalue weighted by atomic mass is 32.2. The Balaban J connectivity index is 1.17. The molecule has 2 atom stereocenters. The zero-order valence-corrected chi connectivity index (χ0v) is 29.4. The molecule has 0 radical (unpaired) electrons. The molecule has 1 N–H and O–H groups in total. The lowest BCUT2D eigenvalue weighted by atomic mass is 9.75. The summed E-state index contributed by atoms with van der Waals surface area (Å²) in [6, 6.07) is 7.23. The largest absolute Gasteiger partial charge is 0.496 e. The summed E-state index contributed by atoms with van der Waals surface area (Å²) >= 11 is 0. The van der Waals surface area contributed by atoms with E-state index in [4.69, 9.17) is 4.74 Å². The highest BCUT2D eigenvalue weighted by molar-refractivity contribution is 7.87. The van der Waals surface area contributed by atoms with Gasteiger partial charge in [0.15, 0.2) is 0 Å². The van der Waals surface area contributed by atoms with Crippen LogP contribution in [-0.2, 0) is 26.3 Å². The van der Waals surface area contributed by atoms with E-state index in [1.807, 2.05) is 7.05 Å². The predicted octanol–water partition coefficient (Wildman–Crippen LogP) is 4.74. The molecule has 9 rings (SSSR count). The lowest BCUT2D eigenvalue weighted by Gasteiger charge is -2.35. The van der Waals surface area contributed by atoms with Gasteiger partial charge in [0.1, 0.15) is 5.75 Å². The van der Waals surface area contributed by atoms with Crippen molar-refractivity contribution < 1.29 is 22.7 Å². The number of hydrogen-bond acceptors (Lipinski definition) is 6. The summed E-state index contributed by atoms with van der Waals surface area (Å²) in [5.74, 6) is 0.361. The third-order valence-corrected chi connectivity index (χ3v) is 14.3. The van der Waals surface area contributed by atoms with E-state index in [2.05, 4.69) is 49.4 Å². The van der Waals surface area contributed by atoms with Crippen LogP contribution in [0.1, 0.15) is 87.3 Å². The van der Waals surface area contributed by atoms with Crippen molar-refractivity contribution in [1.82, 2.24) is 23.4 Å². The molecule has 4 aliphatic heterocycles. The quantitative estimate of drug-likeness (QED) is 0.472. The Morgan fingerprint density at radius 1 is 0.939 bits per heavy atom. The molecule has 49 heavy (non-hydrogen) atoms. The van der Waals surface area contributed by atoms with Crippen molar-refractivity contribution in [2.75, 3.05) is 40.3 Å². The Morgan fingerprint density at radius 2 is 1.65 bits per heavy atom. The molecule has 3 saturated heterocycles. The molecule has 0 spiro atoms. The molecule has 260 valence electrons. The summed E-state index contributed by atoms with van der Waals surface area (Å²) in [5, 5.41) is 1.05. The van der Waals surface area contributed by atoms with Gasteiger partial charge < -0.3 is 19.1 Å². The van der Waals surface area contributed by atoms with Crippen molar-refractivity contribution in [3.05, 3.63) is 63.9 Å². The molecular formula is C38H47N5O5S. The first-order chi connectivity index (χ1) is 23.7. The Kier molecular flexibility index (Phi) is 7.63. The maximum absolute atomic E-state index is 14.7. The van der Waals surface area contributed by atoms with Crippen LogP contribution in [0, 0.1) is 5.92 Å². The first-order valence-corrected chi connectivity index (χ1v) is 19.9. The fraction of sp³-hybridized carbons (Fsp3) is 0.579. The first kappa shape index (κ1) is 31.6. The standard InChI is InChI=1S/C38H47N5O5S/c1-40-17-19-41(20-18-40)49(46,47)39-37(44)35-30-22-42-31(21-29-32(48-2)16-15-26(36(29)42)23-7-4-3-5-8-23)33-27(34(30)35)9-6-10-28(33)38(45)43-24-11-12-25(43)14-13-24/h6,9,15-16,21,23-25,28,33H,3-5,7-8,10-14,17-20,22H2,1-2H3,(H,39,44)/t24?,25?,28-,33?/m1/s1. The SMILES string of the molecule is COc1ccc(C2CCCCC2)c2c1cc1n2CC2=C(C(=O)NS(=O)(=O)N3CCN(C)CC3)C2=C2C=CC[C@@H](C(=O)N3C4CCC3CC4)C21. The van der Waals surface area contributed by atoms with Crippen LogP contribution in [0.5, 0.6) is 5.75 Å². The van der Waals surface area contributed by atoms with Crippen molar-refractivity contribution in [2.24, 2.45) is 5.92 Å². The molecule has 7 aliphatic rings. The average molecular weight is 686 g/mol. The van der Waals surface area contributed by atoms with E-state index in [1.54, 1.807) is 7.11 Å². The number of nitrogens with one attached hydrogen (secondary N) is 1. The number of carbonyl (C=O) groups is 2. The van der Waals surface area contributed by atoms with E-state index >= 15 is 0 Å². The van der Waals surface area contributed by atoms with E-state index in [0.717, 1.165) is 77.6 Å². The molecule has 3 aliphatic carbocycles. The minimum atomic E-state index is -4.00.